The summed E-state index contributed by atoms with van der Waals surface area (Å²) in [6.07, 6.45) is 2.56. The van der Waals surface area contributed by atoms with Crippen molar-refractivity contribution < 1.29 is 9.90 Å². The van der Waals surface area contributed by atoms with Gasteiger partial charge in [-0.2, -0.15) is 0 Å². The molecule has 0 bridgehead atoms. The highest BCUT2D eigenvalue weighted by molar-refractivity contribution is 5.74. The standard InChI is InChI=1S/C18H30N4O2/c1-13(2)10-16(23)12-20-18(24)19-11-15-7-6-14(3)21-17(15)22-8-4-5-9-22/h6-7,13,16,23H,4-5,8-12H2,1-3H3,(H2,19,20,24). The number of aliphatic hydroxyl groups excluding tert-OH is 1. The average molecular weight is 334 g/mol. The molecule has 6 heteroatoms. The molecule has 2 heterocycles. The number of aryl methyl sites for hydroxylation is 1. The van der Waals surface area contributed by atoms with Crippen molar-refractivity contribution >= 4 is 11.8 Å². The summed E-state index contributed by atoms with van der Waals surface area (Å²) in [6, 6.07) is 3.75. The van der Waals surface area contributed by atoms with E-state index in [9.17, 15) is 9.90 Å². The van der Waals surface area contributed by atoms with Crippen molar-refractivity contribution in [1.82, 2.24) is 15.6 Å². The number of carbonyl (C=O) groups is 1. The number of pyridine rings is 1. The first-order chi connectivity index (χ1) is 11.5. The van der Waals surface area contributed by atoms with Gasteiger partial charge in [0.25, 0.3) is 0 Å². The fourth-order valence-electron chi connectivity index (χ4n) is 2.99. The number of amides is 2. The lowest BCUT2D eigenvalue weighted by molar-refractivity contribution is 0.147. The quantitative estimate of drug-likeness (QED) is 0.714. The maximum absolute atomic E-state index is 11.9. The van der Waals surface area contributed by atoms with Crippen LogP contribution in [0.5, 0.6) is 0 Å². The van der Waals surface area contributed by atoms with E-state index < -0.39 is 6.10 Å². The fourth-order valence-corrected chi connectivity index (χ4v) is 2.99. The van der Waals surface area contributed by atoms with Gasteiger partial charge in [-0.25, -0.2) is 9.78 Å². The third-order valence-electron chi connectivity index (χ3n) is 4.18. The zero-order valence-electron chi connectivity index (χ0n) is 15.0. The van der Waals surface area contributed by atoms with Crippen molar-refractivity contribution in [3.05, 3.63) is 23.4 Å². The largest absolute Gasteiger partial charge is 0.391 e. The van der Waals surface area contributed by atoms with Gasteiger partial charge in [-0.05, 0) is 38.2 Å². The molecule has 0 aromatic carbocycles. The summed E-state index contributed by atoms with van der Waals surface area (Å²) >= 11 is 0. The minimum absolute atomic E-state index is 0.259. The van der Waals surface area contributed by atoms with Crippen LogP contribution in [0.15, 0.2) is 12.1 Å². The van der Waals surface area contributed by atoms with Gasteiger partial charge >= 0.3 is 6.03 Å². The smallest absolute Gasteiger partial charge is 0.315 e. The zero-order chi connectivity index (χ0) is 17.5. The summed E-state index contributed by atoms with van der Waals surface area (Å²) in [6.45, 7) is 8.84. The van der Waals surface area contributed by atoms with Crippen LogP contribution in [-0.4, -0.2) is 41.9 Å². The Bertz CT molecular complexity index is 542. The maximum atomic E-state index is 11.9. The highest BCUT2D eigenvalue weighted by Crippen LogP contribution is 2.22. The molecule has 1 fully saturated rings. The van der Waals surface area contributed by atoms with E-state index in [4.69, 9.17) is 0 Å². The number of nitrogens with one attached hydrogen (secondary N) is 2. The lowest BCUT2D eigenvalue weighted by atomic mass is 10.1. The van der Waals surface area contributed by atoms with Gasteiger partial charge in [0.15, 0.2) is 0 Å². The van der Waals surface area contributed by atoms with E-state index in [0.717, 1.165) is 30.2 Å². The molecule has 24 heavy (non-hydrogen) atoms. The third kappa shape index (κ3) is 5.67. The molecule has 2 rings (SSSR count). The molecule has 1 saturated heterocycles. The SMILES string of the molecule is Cc1ccc(CNC(=O)NCC(O)CC(C)C)c(N2CCCC2)n1. The van der Waals surface area contributed by atoms with Crippen LogP contribution >= 0.6 is 0 Å². The van der Waals surface area contributed by atoms with E-state index in [-0.39, 0.29) is 12.6 Å². The second kappa shape index (κ2) is 8.87. The van der Waals surface area contributed by atoms with Crippen molar-refractivity contribution in [3.63, 3.8) is 0 Å². The molecular weight excluding hydrogens is 304 g/mol. The van der Waals surface area contributed by atoms with Crippen molar-refractivity contribution in [3.8, 4) is 0 Å². The van der Waals surface area contributed by atoms with Crippen molar-refractivity contribution in [2.75, 3.05) is 24.5 Å². The Balaban J connectivity index is 1.86. The highest BCUT2D eigenvalue weighted by Gasteiger charge is 2.17. The summed E-state index contributed by atoms with van der Waals surface area (Å²) in [5.41, 5.74) is 2.02. The summed E-state index contributed by atoms with van der Waals surface area (Å²) in [5.74, 6) is 1.39. The average Bonchev–Trinajstić information content (AvgIpc) is 3.05. The van der Waals surface area contributed by atoms with Gasteiger partial charge in [-0.15, -0.1) is 0 Å². The summed E-state index contributed by atoms with van der Waals surface area (Å²) in [7, 11) is 0. The van der Waals surface area contributed by atoms with Gasteiger partial charge in [-0.3, -0.25) is 0 Å². The Morgan fingerprint density at radius 2 is 2.00 bits per heavy atom. The molecule has 1 atom stereocenters. The van der Waals surface area contributed by atoms with Gasteiger partial charge in [0.2, 0.25) is 0 Å². The van der Waals surface area contributed by atoms with Crippen LogP contribution in [0, 0.1) is 12.8 Å². The number of urea groups is 1. The number of carbonyl (C=O) groups excluding carboxylic acids is 1. The van der Waals surface area contributed by atoms with Gasteiger partial charge in [0.1, 0.15) is 5.82 Å². The topological polar surface area (TPSA) is 77.5 Å². The van der Waals surface area contributed by atoms with E-state index >= 15 is 0 Å². The van der Waals surface area contributed by atoms with E-state index in [2.05, 4.69) is 20.5 Å². The van der Waals surface area contributed by atoms with E-state index in [1.165, 1.54) is 12.8 Å². The molecule has 1 aliphatic rings. The Labute approximate surface area is 144 Å². The van der Waals surface area contributed by atoms with Crippen LogP contribution in [-0.2, 0) is 6.54 Å². The molecule has 0 saturated carbocycles. The van der Waals surface area contributed by atoms with Gasteiger partial charge in [0, 0.05) is 37.4 Å². The monoisotopic (exact) mass is 334 g/mol. The number of hydrogen-bond acceptors (Lipinski definition) is 4. The molecule has 0 radical (unpaired) electrons. The summed E-state index contributed by atoms with van der Waals surface area (Å²) in [4.78, 5) is 18.9. The predicted octanol–water partition coefficient (Wildman–Crippen LogP) is 2.20. The number of anilines is 1. The predicted molar refractivity (Wildman–Crippen MR) is 96.1 cm³/mol. The lowest BCUT2D eigenvalue weighted by Crippen LogP contribution is -2.40. The normalized spacial score (nSPS) is 15.6. The van der Waals surface area contributed by atoms with Crippen LogP contribution in [0.2, 0.25) is 0 Å². The van der Waals surface area contributed by atoms with Gasteiger partial charge < -0.3 is 20.6 Å². The minimum atomic E-state index is -0.503. The van der Waals surface area contributed by atoms with E-state index in [1.54, 1.807) is 0 Å². The molecule has 1 aromatic heterocycles. The molecule has 3 N–H and O–H groups in total. The van der Waals surface area contributed by atoms with Crippen LogP contribution in [0.25, 0.3) is 0 Å². The first kappa shape index (κ1) is 18.5. The van der Waals surface area contributed by atoms with Crippen LogP contribution < -0.4 is 15.5 Å². The van der Waals surface area contributed by atoms with Crippen LogP contribution in [0.4, 0.5) is 10.6 Å². The molecule has 134 valence electrons. The molecule has 0 spiro atoms. The number of rotatable bonds is 7. The van der Waals surface area contributed by atoms with Gasteiger partial charge in [-0.1, -0.05) is 19.9 Å². The summed E-state index contributed by atoms with van der Waals surface area (Å²) in [5, 5.41) is 15.4. The molecule has 2 amide bonds. The van der Waals surface area contributed by atoms with Crippen LogP contribution in [0.1, 0.15) is 44.4 Å². The molecule has 1 aromatic rings. The first-order valence-corrected chi connectivity index (χ1v) is 8.87. The molecular formula is C18H30N4O2. The number of nitrogens with zero attached hydrogens (tertiary/aromatic N) is 2. The zero-order valence-corrected chi connectivity index (χ0v) is 15.0. The summed E-state index contributed by atoms with van der Waals surface area (Å²) < 4.78 is 0. The lowest BCUT2D eigenvalue weighted by Gasteiger charge is -2.21. The van der Waals surface area contributed by atoms with Crippen molar-refractivity contribution in [2.24, 2.45) is 5.92 Å². The Morgan fingerprint density at radius 3 is 2.67 bits per heavy atom. The maximum Gasteiger partial charge on any atom is 0.315 e. The number of hydrogen-bond donors (Lipinski definition) is 3. The second-order valence-electron chi connectivity index (χ2n) is 6.98. The Hall–Kier alpha value is -1.82. The number of aromatic nitrogens is 1. The van der Waals surface area contributed by atoms with E-state index in [1.807, 2.05) is 32.9 Å². The van der Waals surface area contributed by atoms with Crippen LogP contribution in [0.3, 0.4) is 0 Å². The fraction of sp³-hybridized carbons (Fsp3) is 0.667. The highest BCUT2D eigenvalue weighted by atomic mass is 16.3. The molecule has 1 aliphatic heterocycles. The van der Waals surface area contributed by atoms with Crippen molar-refractivity contribution in [2.45, 2.75) is 52.7 Å². The molecule has 1 unspecified atom stereocenters. The first-order valence-electron chi connectivity index (χ1n) is 8.87. The Morgan fingerprint density at radius 1 is 1.29 bits per heavy atom. The minimum Gasteiger partial charge on any atom is -0.391 e. The Kier molecular flexibility index (Phi) is 6.85. The number of aliphatic hydroxyl groups is 1. The van der Waals surface area contributed by atoms with Gasteiger partial charge in [0.05, 0.1) is 6.10 Å². The second-order valence-corrected chi connectivity index (χ2v) is 6.98. The van der Waals surface area contributed by atoms with E-state index in [0.29, 0.717) is 18.9 Å². The van der Waals surface area contributed by atoms with Crippen molar-refractivity contribution in [1.29, 1.82) is 0 Å². The molecule has 6 nitrogen and oxygen atoms in total. The third-order valence-corrected chi connectivity index (χ3v) is 4.18. The molecule has 0 aliphatic carbocycles.